The van der Waals surface area contributed by atoms with Crippen LogP contribution in [-0.4, -0.2) is 24.4 Å². The first kappa shape index (κ1) is 16.2. The van der Waals surface area contributed by atoms with Gasteiger partial charge in [0.25, 0.3) is 0 Å². The summed E-state index contributed by atoms with van der Waals surface area (Å²) < 4.78 is 0. The zero-order valence-corrected chi connectivity index (χ0v) is 13.4. The largest absolute Gasteiger partial charge is 0.334 e. The van der Waals surface area contributed by atoms with Crippen LogP contribution in [0.15, 0.2) is 54.6 Å². The zero-order valence-electron chi connectivity index (χ0n) is 13.4. The maximum Gasteiger partial charge on any atom is 0.224 e. The molecule has 0 fully saturated rings. The minimum atomic E-state index is 0.182. The Bertz CT molecular complexity index is 595. The molecule has 0 spiro atoms. The summed E-state index contributed by atoms with van der Waals surface area (Å²) in [6.45, 7) is 4.10. The van der Waals surface area contributed by atoms with Gasteiger partial charge in [0.1, 0.15) is 0 Å². The zero-order chi connectivity index (χ0) is 15.8. The molecule has 3 heteroatoms. The highest BCUT2D eigenvalue weighted by Crippen LogP contribution is 2.14. The van der Waals surface area contributed by atoms with Crippen LogP contribution in [0.3, 0.4) is 0 Å². The van der Waals surface area contributed by atoms with Gasteiger partial charge < -0.3 is 10.2 Å². The van der Waals surface area contributed by atoms with E-state index in [0.29, 0.717) is 26.1 Å². The molecule has 0 unspecified atom stereocenters. The third-order valence-corrected chi connectivity index (χ3v) is 3.78. The van der Waals surface area contributed by atoms with Crippen LogP contribution in [0, 0.1) is 6.92 Å². The highest BCUT2D eigenvalue weighted by atomic mass is 16.2. The fourth-order valence-electron chi connectivity index (χ4n) is 2.42. The van der Waals surface area contributed by atoms with Gasteiger partial charge >= 0.3 is 0 Å². The van der Waals surface area contributed by atoms with E-state index in [0.717, 1.165) is 5.56 Å². The number of hydrogen-bond donors (Lipinski definition) is 1. The molecule has 0 saturated carbocycles. The monoisotopic (exact) mass is 296 g/mol. The smallest absolute Gasteiger partial charge is 0.224 e. The molecule has 0 aliphatic heterocycles. The number of hydrogen-bond acceptors (Lipinski definition) is 2. The van der Waals surface area contributed by atoms with Gasteiger partial charge in [0.2, 0.25) is 5.91 Å². The van der Waals surface area contributed by atoms with E-state index >= 15 is 0 Å². The molecule has 22 heavy (non-hydrogen) atoms. The highest BCUT2D eigenvalue weighted by Gasteiger charge is 2.14. The lowest BCUT2D eigenvalue weighted by molar-refractivity contribution is -0.132. The Morgan fingerprint density at radius 3 is 2.36 bits per heavy atom. The highest BCUT2D eigenvalue weighted by molar-refractivity contribution is 5.76. The number of aryl methyl sites for hydroxylation is 1. The van der Waals surface area contributed by atoms with Crippen molar-refractivity contribution in [2.75, 3.05) is 13.6 Å². The first-order valence-corrected chi connectivity index (χ1v) is 7.71. The number of amides is 1. The fraction of sp³-hybridized carbons (Fsp3) is 0.316. The summed E-state index contributed by atoms with van der Waals surface area (Å²) in [6.07, 6.45) is 0.523. The van der Waals surface area contributed by atoms with Gasteiger partial charge in [0.15, 0.2) is 0 Å². The quantitative estimate of drug-likeness (QED) is 0.851. The van der Waals surface area contributed by atoms with Gasteiger partial charge in [-0.3, -0.25) is 4.79 Å². The molecular weight excluding hydrogens is 272 g/mol. The van der Waals surface area contributed by atoms with Crippen molar-refractivity contribution in [1.82, 2.24) is 10.2 Å². The van der Waals surface area contributed by atoms with Crippen LogP contribution in [0.5, 0.6) is 0 Å². The van der Waals surface area contributed by atoms with Crippen molar-refractivity contribution in [1.29, 1.82) is 0 Å². The van der Waals surface area contributed by atoms with Gasteiger partial charge in [-0.25, -0.2) is 0 Å². The van der Waals surface area contributed by atoms with Gasteiger partial charge in [-0.2, -0.15) is 0 Å². The summed E-state index contributed by atoms with van der Waals surface area (Å²) in [4.78, 5) is 14.4. The number of benzene rings is 2. The lowest BCUT2D eigenvalue weighted by atomic mass is 10.1. The van der Waals surface area contributed by atoms with Crippen LogP contribution >= 0.6 is 0 Å². The van der Waals surface area contributed by atoms with Gasteiger partial charge in [-0.1, -0.05) is 54.6 Å². The molecule has 2 aromatic rings. The number of rotatable bonds is 7. The Kier molecular flexibility index (Phi) is 6.16. The first-order valence-electron chi connectivity index (χ1n) is 7.71. The summed E-state index contributed by atoms with van der Waals surface area (Å²) in [7, 11) is 1.87. The van der Waals surface area contributed by atoms with Crippen LogP contribution in [0.1, 0.15) is 23.1 Å². The van der Waals surface area contributed by atoms with Crippen molar-refractivity contribution in [3.63, 3.8) is 0 Å². The van der Waals surface area contributed by atoms with Crippen LogP contribution in [-0.2, 0) is 17.9 Å². The van der Waals surface area contributed by atoms with E-state index in [1.807, 2.05) is 42.3 Å². The first-order chi connectivity index (χ1) is 10.7. The van der Waals surface area contributed by atoms with Gasteiger partial charge in [-0.05, 0) is 30.7 Å². The molecule has 116 valence electrons. The Labute approximate surface area is 133 Å². The molecule has 3 nitrogen and oxygen atoms in total. The summed E-state index contributed by atoms with van der Waals surface area (Å²) in [5, 5.41) is 3.05. The van der Waals surface area contributed by atoms with Gasteiger partial charge in [0, 0.05) is 26.1 Å². The normalized spacial score (nSPS) is 10.5. The van der Waals surface area contributed by atoms with Crippen molar-refractivity contribution in [3.05, 3.63) is 71.3 Å². The average molecular weight is 296 g/mol. The van der Waals surface area contributed by atoms with Crippen LogP contribution < -0.4 is 5.32 Å². The maximum atomic E-state index is 12.5. The van der Waals surface area contributed by atoms with Gasteiger partial charge in [-0.15, -0.1) is 0 Å². The topological polar surface area (TPSA) is 32.3 Å². The lowest BCUT2D eigenvalue weighted by Gasteiger charge is -2.24. The Morgan fingerprint density at radius 2 is 1.68 bits per heavy atom. The molecule has 0 atom stereocenters. The summed E-state index contributed by atoms with van der Waals surface area (Å²) in [5.74, 6) is 0.182. The van der Waals surface area contributed by atoms with Crippen molar-refractivity contribution in [3.8, 4) is 0 Å². The van der Waals surface area contributed by atoms with Crippen molar-refractivity contribution in [2.45, 2.75) is 26.4 Å². The van der Waals surface area contributed by atoms with Crippen molar-refractivity contribution >= 4 is 5.91 Å². The molecule has 2 rings (SSSR count). The summed E-state index contributed by atoms with van der Waals surface area (Å²) in [6, 6.07) is 18.4. The summed E-state index contributed by atoms with van der Waals surface area (Å²) in [5.41, 5.74) is 3.59. The maximum absolute atomic E-state index is 12.5. The van der Waals surface area contributed by atoms with Crippen LogP contribution in [0.25, 0.3) is 0 Å². The molecule has 0 heterocycles. The predicted octanol–water partition coefficient (Wildman–Crippen LogP) is 3.13. The van der Waals surface area contributed by atoms with Crippen LogP contribution in [0.4, 0.5) is 0 Å². The van der Waals surface area contributed by atoms with Crippen LogP contribution in [0.2, 0.25) is 0 Å². The number of nitrogens with one attached hydrogen (secondary N) is 1. The second-order valence-electron chi connectivity index (χ2n) is 5.52. The number of carbonyl (C=O) groups excluding carboxylic acids is 1. The van der Waals surface area contributed by atoms with E-state index in [4.69, 9.17) is 0 Å². The molecule has 1 amide bonds. The molecule has 1 N–H and O–H groups in total. The third-order valence-electron chi connectivity index (χ3n) is 3.78. The Morgan fingerprint density at radius 1 is 1.00 bits per heavy atom. The second-order valence-corrected chi connectivity index (χ2v) is 5.52. The Balaban J connectivity index is 2.14. The molecule has 0 radical (unpaired) electrons. The molecule has 0 saturated heterocycles. The Hall–Kier alpha value is -2.13. The second kappa shape index (κ2) is 8.35. The van der Waals surface area contributed by atoms with E-state index in [1.165, 1.54) is 11.1 Å². The molecule has 0 aliphatic carbocycles. The minimum absolute atomic E-state index is 0.182. The standard InChI is InChI=1S/C19H24N2O/c1-16-8-6-7-11-18(16)15-21(19(22)12-13-20-2)14-17-9-4-3-5-10-17/h3-11,20H,12-15H2,1-2H3. The third kappa shape index (κ3) is 4.71. The van der Waals surface area contributed by atoms with E-state index in [9.17, 15) is 4.79 Å². The van der Waals surface area contributed by atoms with Crippen molar-refractivity contribution in [2.24, 2.45) is 0 Å². The number of nitrogens with zero attached hydrogens (tertiary/aromatic N) is 1. The lowest BCUT2D eigenvalue weighted by Crippen LogP contribution is -2.32. The molecule has 2 aromatic carbocycles. The SMILES string of the molecule is CNCCC(=O)N(Cc1ccccc1)Cc1ccccc1C. The number of carbonyl (C=O) groups is 1. The average Bonchev–Trinajstić information content (AvgIpc) is 2.55. The fourth-order valence-corrected chi connectivity index (χ4v) is 2.42. The molecule has 0 bridgehead atoms. The van der Waals surface area contributed by atoms with Crippen molar-refractivity contribution < 1.29 is 4.79 Å². The predicted molar refractivity (Wildman–Crippen MR) is 90.4 cm³/mol. The van der Waals surface area contributed by atoms with E-state index < -0.39 is 0 Å². The van der Waals surface area contributed by atoms with Gasteiger partial charge in [0.05, 0.1) is 0 Å². The molecular formula is C19H24N2O. The molecule has 0 aliphatic rings. The van der Waals surface area contributed by atoms with E-state index in [2.05, 4.69) is 36.5 Å². The van der Waals surface area contributed by atoms with E-state index in [-0.39, 0.29) is 5.91 Å². The minimum Gasteiger partial charge on any atom is -0.334 e. The van der Waals surface area contributed by atoms with E-state index in [1.54, 1.807) is 0 Å². The molecule has 0 aromatic heterocycles. The summed E-state index contributed by atoms with van der Waals surface area (Å²) >= 11 is 0.